The van der Waals surface area contributed by atoms with Gasteiger partial charge in [-0.05, 0) is 23.8 Å². The molecule has 0 aliphatic carbocycles. The minimum absolute atomic E-state index is 0.0380. The van der Waals surface area contributed by atoms with E-state index in [1.165, 1.54) is 0 Å². The van der Waals surface area contributed by atoms with E-state index in [1.807, 2.05) is 6.07 Å². The van der Waals surface area contributed by atoms with E-state index in [2.05, 4.69) is 47.1 Å². The summed E-state index contributed by atoms with van der Waals surface area (Å²) in [7, 11) is 0. The third-order valence-corrected chi connectivity index (χ3v) is 4.83. The summed E-state index contributed by atoms with van der Waals surface area (Å²) in [5.74, 6) is 0. The van der Waals surface area contributed by atoms with Gasteiger partial charge in [-0.15, -0.1) is 11.3 Å². The lowest BCUT2D eigenvalue weighted by molar-refractivity contribution is 0.177. The first-order valence-corrected chi connectivity index (χ1v) is 8.40. The third kappa shape index (κ3) is 3.82. The molecule has 0 spiro atoms. The number of rotatable bonds is 3. The molecule has 1 N–H and O–H groups in total. The van der Waals surface area contributed by atoms with Gasteiger partial charge < -0.3 is 5.11 Å². The van der Waals surface area contributed by atoms with Crippen LogP contribution in [-0.4, -0.2) is 10.1 Å². The second-order valence-electron chi connectivity index (χ2n) is 5.76. The highest BCUT2D eigenvalue weighted by Crippen LogP contribution is 2.31. The number of hydrogen-bond acceptors (Lipinski definition) is 3. The normalized spacial score (nSPS) is 13.5. The van der Waals surface area contributed by atoms with E-state index in [0.29, 0.717) is 11.4 Å². The van der Waals surface area contributed by atoms with Gasteiger partial charge in [-0.2, -0.15) is 0 Å². The van der Waals surface area contributed by atoms with Crippen molar-refractivity contribution in [2.45, 2.75) is 38.7 Å². The lowest BCUT2D eigenvalue weighted by Gasteiger charge is -2.15. The average molecular weight is 375 g/mol. The van der Waals surface area contributed by atoms with E-state index < -0.39 is 6.10 Å². The summed E-state index contributed by atoms with van der Waals surface area (Å²) < 4.78 is 0.863. The Kier molecular flexibility index (Phi) is 4.90. The molecular formula is C15H17BrClNOS. The minimum Gasteiger partial charge on any atom is -0.388 e. The van der Waals surface area contributed by atoms with Gasteiger partial charge >= 0.3 is 0 Å². The van der Waals surface area contributed by atoms with Gasteiger partial charge in [0.05, 0.1) is 16.8 Å². The van der Waals surface area contributed by atoms with Crippen LogP contribution in [0.3, 0.4) is 0 Å². The molecule has 108 valence electrons. The Morgan fingerprint density at radius 2 is 2.10 bits per heavy atom. The van der Waals surface area contributed by atoms with Gasteiger partial charge in [0, 0.05) is 26.7 Å². The highest BCUT2D eigenvalue weighted by molar-refractivity contribution is 9.10. The first kappa shape index (κ1) is 16.0. The second-order valence-corrected chi connectivity index (χ2v) is 8.00. The minimum atomic E-state index is -0.609. The molecule has 1 aromatic carbocycles. The largest absolute Gasteiger partial charge is 0.388 e. The van der Waals surface area contributed by atoms with E-state index in [9.17, 15) is 5.11 Å². The van der Waals surface area contributed by atoms with Crippen molar-refractivity contribution in [3.8, 4) is 0 Å². The third-order valence-electron chi connectivity index (χ3n) is 3.01. The van der Waals surface area contributed by atoms with Crippen LogP contribution in [0.1, 0.15) is 43.1 Å². The standard InChI is InChI=1S/C15H17BrClNOS/c1-15(2,3)13-8-20-14(18-13)7-12(19)10-6-9(17)4-5-11(10)16/h4-6,8,12,19H,7H2,1-3H3. The summed E-state index contributed by atoms with van der Waals surface area (Å²) in [6, 6.07) is 5.43. The number of halogens is 2. The van der Waals surface area contributed by atoms with Crippen molar-refractivity contribution in [1.82, 2.24) is 4.98 Å². The van der Waals surface area contributed by atoms with Crippen molar-refractivity contribution in [3.05, 3.63) is 49.3 Å². The van der Waals surface area contributed by atoms with Gasteiger partial charge in [0.15, 0.2) is 0 Å². The van der Waals surface area contributed by atoms with E-state index in [0.717, 1.165) is 20.7 Å². The number of benzene rings is 1. The van der Waals surface area contributed by atoms with E-state index in [-0.39, 0.29) is 5.41 Å². The van der Waals surface area contributed by atoms with E-state index in [4.69, 9.17) is 11.6 Å². The molecule has 20 heavy (non-hydrogen) atoms. The van der Waals surface area contributed by atoms with Crippen molar-refractivity contribution < 1.29 is 5.11 Å². The molecule has 0 aliphatic rings. The maximum atomic E-state index is 10.4. The van der Waals surface area contributed by atoms with Crippen molar-refractivity contribution in [2.24, 2.45) is 0 Å². The summed E-state index contributed by atoms with van der Waals surface area (Å²) in [4.78, 5) is 4.61. The van der Waals surface area contributed by atoms with Crippen LogP contribution in [-0.2, 0) is 11.8 Å². The Balaban J connectivity index is 2.17. The van der Waals surface area contributed by atoms with Gasteiger partial charge in [0.1, 0.15) is 0 Å². The summed E-state index contributed by atoms with van der Waals surface area (Å²) in [6.45, 7) is 6.40. The predicted molar refractivity (Wildman–Crippen MR) is 88.6 cm³/mol. The van der Waals surface area contributed by atoms with Crippen LogP contribution in [0.2, 0.25) is 5.02 Å². The maximum absolute atomic E-state index is 10.4. The number of thiazole rings is 1. The van der Waals surface area contributed by atoms with Crippen LogP contribution < -0.4 is 0 Å². The van der Waals surface area contributed by atoms with Crippen LogP contribution in [0.4, 0.5) is 0 Å². The average Bonchev–Trinajstić information content (AvgIpc) is 2.80. The molecule has 1 heterocycles. The zero-order valence-electron chi connectivity index (χ0n) is 11.7. The van der Waals surface area contributed by atoms with Gasteiger partial charge in [0.25, 0.3) is 0 Å². The Morgan fingerprint density at radius 1 is 1.40 bits per heavy atom. The predicted octanol–water partition coefficient (Wildman–Crippen LogP) is 5.13. The molecule has 0 saturated heterocycles. The molecule has 0 fully saturated rings. The number of aliphatic hydroxyl groups excluding tert-OH is 1. The Labute approximate surface area is 137 Å². The first-order chi connectivity index (χ1) is 9.27. The van der Waals surface area contributed by atoms with Crippen molar-refractivity contribution >= 4 is 38.9 Å². The lowest BCUT2D eigenvalue weighted by Crippen LogP contribution is -2.12. The zero-order valence-corrected chi connectivity index (χ0v) is 14.8. The summed E-state index contributed by atoms with van der Waals surface area (Å²) in [5.41, 5.74) is 1.90. The molecule has 1 aromatic heterocycles. The highest BCUT2D eigenvalue weighted by atomic mass is 79.9. The van der Waals surface area contributed by atoms with Gasteiger partial charge in [-0.1, -0.05) is 48.3 Å². The van der Waals surface area contributed by atoms with Crippen molar-refractivity contribution in [2.75, 3.05) is 0 Å². The maximum Gasteiger partial charge on any atom is 0.0957 e. The van der Waals surface area contributed by atoms with E-state index in [1.54, 1.807) is 23.5 Å². The fraction of sp³-hybridized carbons (Fsp3) is 0.400. The number of aromatic nitrogens is 1. The molecule has 2 nitrogen and oxygen atoms in total. The lowest BCUT2D eigenvalue weighted by atomic mass is 9.93. The molecule has 2 aromatic rings. The van der Waals surface area contributed by atoms with Gasteiger partial charge in [-0.3, -0.25) is 0 Å². The Hall–Kier alpha value is -0.420. The molecule has 2 rings (SSSR count). The number of hydrogen-bond donors (Lipinski definition) is 1. The summed E-state index contributed by atoms with van der Waals surface area (Å²) >= 11 is 11.0. The molecule has 0 amide bonds. The van der Waals surface area contributed by atoms with Crippen molar-refractivity contribution in [3.63, 3.8) is 0 Å². The topological polar surface area (TPSA) is 33.1 Å². The smallest absolute Gasteiger partial charge is 0.0957 e. The molecule has 0 aliphatic heterocycles. The molecule has 1 unspecified atom stereocenters. The molecule has 1 atom stereocenters. The number of nitrogens with zero attached hydrogens (tertiary/aromatic N) is 1. The van der Waals surface area contributed by atoms with E-state index >= 15 is 0 Å². The fourth-order valence-electron chi connectivity index (χ4n) is 1.79. The second kappa shape index (κ2) is 6.14. The summed E-state index contributed by atoms with van der Waals surface area (Å²) in [6.07, 6.45) is -0.110. The van der Waals surface area contributed by atoms with Gasteiger partial charge in [0.2, 0.25) is 0 Å². The number of aliphatic hydroxyl groups is 1. The molecule has 0 saturated carbocycles. The summed E-state index contributed by atoms with van der Waals surface area (Å²) in [5, 5.41) is 14.0. The van der Waals surface area contributed by atoms with Crippen LogP contribution in [0.5, 0.6) is 0 Å². The zero-order chi connectivity index (χ0) is 14.9. The molecule has 5 heteroatoms. The molecule has 0 bridgehead atoms. The Morgan fingerprint density at radius 3 is 2.70 bits per heavy atom. The first-order valence-electron chi connectivity index (χ1n) is 6.35. The Bertz CT molecular complexity index is 606. The monoisotopic (exact) mass is 373 g/mol. The fourth-order valence-corrected chi connectivity index (χ4v) is 3.54. The quantitative estimate of drug-likeness (QED) is 0.807. The van der Waals surface area contributed by atoms with Crippen LogP contribution in [0.15, 0.2) is 28.1 Å². The molecule has 0 radical (unpaired) electrons. The SMILES string of the molecule is CC(C)(C)c1csc(CC(O)c2cc(Cl)ccc2Br)n1. The van der Waals surface area contributed by atoms with Crippen molar-refractivity contribution in [1.29, 1.82) is 0 Å². The highest BCUT2D eigenvalue weighted by Gasteiger charge is 2.19. The van der Waals surface area contributed by atoms with Crippen LogP contribution >= 0.6 is 38.9 Å². The van der Waals surface area contributed by atoms with Crippen LogP contribution in [0.25, 0.3) is 0 Å². The van der Waals surface area contributed by atoms with Crippen LogP contribution in [0, 0.1) is 0 Å². The molecular weight excluding hydrogens is 358 g/mol. The van der Waals surface area contributed by atoms with Gasteiger partial charge in [-0.25, -0.2) is 4.98 Å².